The molecule has 0 spiro atoms. The van der Waals surface area contributed by atoms with E-state index in [0.29, 0.717) is 19.1 Å². The number of unbranched alkanes of at least 4 members (excludes halogenated alkanes) is 2. The molecule has 0 bridgehead atoms. The predicted octanol–water partition coefficient (Wildman–Crippen LogP) is 4.50. The molecule has 0 aromatic carbocycles. The van der Waals surface area contributed by atoms with Gasteiger partial charge in [0.2, 0.25) is 0 Å². The summed E-state index contributed by atoms with van der Waals surface area (Å²) in [5.41, 5.74) is -0.0718. The van der Waals surface area contributed by atoms with Gasteiger partial charge >= 0.3 is 17.1 Å². The SMILES string of the molecule is CCC(C)CC(C)(CC)CCCn1c(=O)n(CC2CO2)c(=O)n(CC2OC2CCCCC=C(C)C)c1=O. The van der Waals surface area contributed by atoms with Crippen LogP contribution in [0.25, 0.3) is 0 Å². The van der Waals surface area contributed by atoms with Gasteiger partial charge in [-0.3, -0.25) is 0 Å². The second-order valence-corrected chi connectivity index (χ2v) is 11.9. The van der Waals surface area contributed by atoms with Gasteiger partial charge in [-0.2, -0.15) is 0 Å². The highest BCUT2D eigenvalue weighted by molar-refractivity contribution is 4.93. The molecule has 0 saturated carbocycles. The van der Waals surface area contributed by atoms with Crippen LogP contribution in [0.4, 0.5) is 0 Å². The Hall–Kier alpha value is -1.93. The Morgan fingerprint density at radius 3 is 2.24 bits per heavy atom. The first kappa shape index (κ1) is 29.6. The summed E-state index contributed by atoms with van der Waals surface area (Å²) >= 11 is 0. The van der Waals surface area contributed by atoms with Crippen LogP contribution in [-0.4, -0.2) is 38.6 Å². The van der Waals surface area contributed by atoms with E-state index in [2.05, 4.69) is 47.6 Å². The number of hydrogen-bond acceptors (Lipinski definition) is 5. The fraction of sp³-hybridized carbons (Fsp3) is 0.828. The molecule has 2 fully saturated rings. The summed E-state index contributed by atoms with van der Waals surface area (Å²) in [6.07, 6.45) is 11.2. The Kier molecular flexibility index (Phi) is 10.6. The van der Waals surface area contributed by atoms with Crippen LogP contribution in [0, 0.1) is 11.3 Å². The quantitative estimate of drug-likeness (QED) is 0.172. The fourth-order valence-corrected chi connectivity index (χ4v) is 5.29. The summed E-state index contributed by atoms with van der Waals surface area (Å²) < 4.78 is 14.8. The van der Waals surface area contributed by atoms with Crippen LogP contribution in [-0.2, 0) is 29.1 Å². The van der Waals surface area contributed by atoms with Gasteiger partial charge in [0.15, 0.2) is 0 Å². The Balaban J connectivity index is 1.70. The van der Waals surface area contributed by atoms with E-state index >= 15 is 0 Å². The lowest BCUT2D eigenvalue weighted by Gasteiger charge is -2.31. The zero-order valence-electron chi connectivity index (χ0n) is 24.0. The van der Waals surface area contributed by atoms with Crippen LogP contribution in [0.3, 0.4) is 0 Å². The largest absolute Gasteiger partial charge is 0.371 e. The third-order valence-electron chi connectivity index (χ3n) is 8.27. The third kappa shape index (κ3) is 8.54. The minimum Gasteiger partial charge on any atom is -0.371 e. The molecule has 2 saturated heterocycles. The Morgan fingerprint density at radius 1 is 1.00 bits per heavy atom. The monoisotopic (exact) mass is 519 g/mol. The topological polar surface area (TPSA) is 91.1 Å². The molecule has 0 radical (unpaired) electrons. The van der Waals surface area contributed by atoms with E-state index in [1.165, 1.54) is 19.3 Å². The van der Waals surface area contributed by atoms with Gasteiger partial charge in [-0.15, -0.1) is 0 Å². The molecule has 8 nitrogen and oxygen atoms in total. The first-order valence-electron chi connectivity index (χ1n) is 14.4. The number of hydrogen-bond donors (Lipinski definition) is 0. The van der Waals surface area contributed by atoms with Crippen molar-refractivity contribution in [2.24, 2.45) is 11.3 Å². The zero-order chi connectivity index (χ0) is 27.2. The van der Waals surface area contributed by atoms with Crippen molar-refractivity contribution in [2.75, 3.05) is 6.61 Å². The van der Waals surface area contributed by atoms with Gasteiger partial charge in [-0.05, 0) is 63.7 Å². The van der Waals surface area contributed by atoms with Crippen molar-refractivity contribution < 1.29 is 9.47 Å². The number of aromatic nitrogens is 3. The van der Waals surface area contributed by atoms with Crippen molar-refractivity contribution in [1.29, 1.82) is 0 Å². The lowest BCUT2D eigenvalue weighted by Crippen LogP contribution is -2.55. The van der Waals surface area contributed by atoms with E-state index in [1.807, 2.05) is 0 Å². The van der Waals surface area contributed by atoms with Crippen molar-refractivity contribution in [3.05, 3.63) is 43.1 Å². The molecule has 5 atom stereocenters. The van der Waals surface area contributed by atoms with Gasteiger partial charge in [-0.1, -0.05) is 58.6 Å². The first-order chi connectivity index (χ1) is 17.6. The molecule has 5 unspecified atom stereocenters. The van der Waals surface area contributed by atoms with Gasteiger partial charge in [0.25, 0.3) is 0 Å². The molecule has 1 aromatic rings. The predicted molar refractivity (Wildman–Crippen MR) is 147 cm³/mol. The van der Waals surface area contributed by atoms with Gasteiger partial charge in [0.1, 0.15) is 6.10 Å². The summed E-state index contributed by atoms with van der Waals surface area (Å²) in [4.78, 5) is 39.8. The van der Waals surface area contributed by atoms with Crippen LogP contribution in [0.5, 0.6) is 0 Å². The highest BCUT2D eigenvalue weighted by Crippen LogP contribution is 2.35. The van der Waals surface area contributed by atoms with E-state index < -0.39 is 17.1 Å². The lowest BCUT2D eigenvalue weighted by atomic mass is 9.75. The molecule has 3 rings (SSSR count). The lowest BCUT2D eigenvalue weighted by molar-refractivity contribution is 0.206. The molecule has 37 heavy (non-hydrogen) atoms. The van der Waals surface area contributed by atoms with E-state index in [1.54, 1.807) is 0 Å². The van der Waals surface area contributed by atoms with E-state index in [4.69, 9.17) is 9.47 Å². The highest BCUT2D eigenvalue weighted by atomic mass is 16.6. The second-order valence-electron chi connectivity index (χ2n) is 11.9. The molecule has 8 heteroatoms. The number of rotatable bonds is 17. The molecular weight excluding hydrogens is 470 g/mol. The van der Waals surface area contributed by atoms with Crippen LogP contribution in [0.1, 0.15) is 99.3 Å². The van der Waals surface area contributed by atoms with Gasteiger partial charge < -0.3 is 9.47 Å². The molecule has 0 N–H and O–H groups in total. The highest BCUT2D eigenvalue weighted by Gasteiger charge is 2.39. The Labute approximate surface area is 221 Å². The molecule has 2 aliphatic rings. The summed E-state index contributed by atoms with van der Waals surface area (Å²) in [7, 11) is 0. The maximum absolute atomic E-state index is 13.4. The van der Waals surface area contributed by atoms with Crippen LogP contribution >= 0.6 is 0 Å². The standard InChI is InChI=1S/C29H49N3O5/c1-7-22(5)17-29(6,8-2)15-12-16-30-26(33)31(18-23-20-36-23)28(35)32(27(30)34)19-25-24(37-25)14-11-9-10-13-21(3)4/h13,22-25H,7-12,14-20H2,1-6H3. The minimum absolute atomic E-state index is 0.0735. The van der Waals surface area contributed by atoms with Crippen LogP contribution < -0.4 is 17.1 Å². The molecule has 3 heterocycles. The minimum atomic E-state index is -0.547. The summed E-state index contributed by atoms with van der Waals surface area (Å²) in [6, 6.07) is 0. The van der Waals surface area contributed by atoms with Crippen molar-refractivity contribution in [3.8, 4) is 0 Å². The van der Waals surface area contributed by atoms with E-state index in [0.717, 1.165) is 57.8 Å². The third-order valence-corrected chi connectivity index (χ3v) is 8.27. The molecule has 0 amide bonds. The summed E-state index contributed by atoms with van der Waals surface area (Å²) in [5, 5.41) is 0. The van der Waals surface area contributed by atoms with Crippen molar-refractivity contribution in [3.63, 3.8) is 0 Å². The smallest absolute Gasteiger partial charge is 0.336 e. The fourth-order valence-electron chi connectivity index (χ4n) is 5.29. The Morgan fingerprint density at radius 2 is 1.65 bits per heavy atom. The average Bonchev–Trinajstić information content (AvgIpc) is 3.79. The van der Waals surface area contributed by atoms with Crippen molar-refractivity contribution in [2.45, 2.75) is 137 Å². The first-order valence-corrected chi connectivity index (χ1v) is 14.4. The maximum atomic E-state index is 13.4. The molecular formula is C29H49N3O5. The number of nitrogens with zero attached hydrogens (tertiary/aromatic N) is 3. The molecule has 0 aliphatic carbocycles. The average molecular weight is 520 g/mol. The Bertz CT molecular complexity index is 1090. The zero-order valence-corrected chi connectivity index (χ0v) is 24.0. The van der Waals surface area contributed by atoms with Crippen LogP contribution in [0.15, 0.2) is 26.0 Å². The van der Waals surface area contributed by atoms with Gasteiger partial charge in [-0.25, -0.2) is 28.1 Å². The second kappa shape index (κ2) is 13.2. The number of ether oxygens (including phenoxy) is 2. The van der Waals surface area contributed by atoms with Gasteiger partial charge in [0, 0.05) is 6.54 Å². The number of allylic oxidation sites excluding steroid dienone is 2. The van der Waals surface area contributed by atoms with Crippen molar-refractivity contribution in [1.82, 2.24) is 13.7 Å². The van der Waals surface area contributed by atoms with Crippen LogP contribution in [0.2, 0.25) is 0 Å². The number of epoxide rings is 2. The van der Waals surface area contributed by atoms with Gasteiger partial charge in [0.05, 0.1) is 31.9 Å². The van der Waals surface area contributed by atoms with E-state index in [-0.39, 0.29) is 36.8 Å². The molecule has 210 valence electrons. The summed E-state index contributed by atoms with van der Waals surface area (Å²) in [5.74, 6) is 0.643. The van der Waals surface area contributed by atoms with Crippen molar-refractivity contribution >= 4 is 0 Å². The van der Waals surface area contributed by atoms with E-state index in [9.17, 15) is 14.4 Å². The normalized spacial score (nSPS) is 22.9. The molecule has 1 aromatic heterocycles. The molecule has 2 aliphatic heterocycles. The maximum Gasteiger partial charge on any atom is 0.336 e. The summed E-state index contributed by atoms with van der Waals surface area (Å²) in [6.45, 7) is 14.5.